The highest BCUT2D eigenvalue weighted by Gasteiger charge is 2.33. The fourth-order valence-electron chi connectivity index (χ4n) is 3.11. The Bertz CT molecular complexity index is 897. The van der Waals surface area contributed by atoms with Gasteiger partial charge < -0.3 is 9.64 Å². The van der Waals surface area contributed by atoms with Crippen LogP contribution in [-0.4, -0.2) is 6.29 Å². The maximum Gasteiger partial charge on any atom is 0.153 e. The lowest BCUT2D eigenvalue weighted by atomic mass is 10.1. The minimum absolute atomic E-state index is 0.630. The van der Waals surface area contributed by atoms with Crippen molar-refractivity contribution < 1.29 is 9.53 Å². The first-order valence-corrected chi connectivity index (χ1v) is 8.14. The van der Waals surface area contributed by atoms with E-state index in [-0.39, 0.29) is 0 Å². The molecule has 0 spiro atoms. The van der Waals surface area contributed by atoms with Crippen LogP contribution in [0.15, 0.2) is 70.5 Å². The smallest absolute Gasteiger partial charge is 0.153 e. The average molecular weight is 317 g/mol. The van der Waals surface area contributed by atoms with E-state index in [1.165, 1.54) is 4.90 Å². The number of ether oxygens (including phenoxy) is 1. The molecule has 0 fully saturated rings. The third-order valence-corrected chi connectivity index (χ3v) is 5.17. The van der Waals surface area contributed by atoms with Crippen molar-refractivity contribution in [3.05, 3.63) is 66.2 Å². The second-order valence-corrected chi connectivity index (χ2v) is 6.54. The number of rotatable bonds is 1. The first-order chi connectivity index (χ1) is 11.3. The number of hydrogen-bond acceptors (Lipinski definition) is 4. The van der Waals surface area contributed by atoms with Gasteiger partial charge in [-0.2, -0.15) is 0 Å². The van der Waals surface area contributed by atoms with Crippen LogP contribution in [0.1, 0.15) is 10.4 Å². The highest BCUT2D eigenvalue weighted by molar-refractivity contribution is 7.99. The van der Waals surface area contributed by atoms with Crippen molar-refractivity contribution in [1.29, 1.82) is 0 Å². The highest BCUT2D eigenvalue weighted by Crippen LogP contribution is 2.59. The Kier molecular flexibility index (Phi) is 2.58. The molecule has 2 heterocycles. The summed E-state index contributed by atoms with van der Waals surface area (Å²) in [4.78, 5) is 15.7. The number of carbonyl (C=O) groups is 1. The van der Waals surface area contributed by atoms with Gasteiger partial charge in [-0.25, -0.2) is 0 Å². The fourth-order valence-corrected chi connectivity index (χ4v) is 4.24. The van der Waals surface area contributed by atoms with E-state index in [1.54, 1.807) is 11.8 Å². The number of nitrogens with zero attached hydrogens (tertiary/aromatic N) is 1. The molecular formula is C19H11NO2S. The summed E-state index contributed by atoms with van der Waals surface area (Å²) in [7, 11) is 0. The Hall–Kier alpha value is -2.72. The van der Waals surface area contributed by atoms with E-state index in [2.05, 4.69) is 23.1 Å². The summed E-state index contributed by atoms with van der Waals surface area (Å²) in [5.74, 6) is 1.53. The third kappa shape index (κ3) is 1.75. The van der Waals surface area contributed by atoms with Crippen LogP contribution in [0, 0.1) is 0 Å². The Morgan fingerprint density at radius 1 is 0.870 bits per heavy atom. The molecule has 3 aromatic rings. The lowest BCUT2D eigenvalue weighted by molar-refractivity contribution is 0.112. The highest BCUT2D eigenvalue weighted by atomic mass is 32.2. The number of benzene rings is 3. The van der Waals surface area contributed by atoms with Crippen LogP contribution in [0.2, 0.25) is 0 Å². The SMILES string of the molecule is O=Cc1cc2c3c(c1)Sc1ccccc1N3c1ccccc1O2. The monoisotopic (exact) mass is 317 g/mol. The first kappa shape index (κ1) is 12.8. The summed E-state index contributed by atoms with van der Waals surface area (Å²) in [5.41, 5.74) is 3.80. The molecule has 3 aromatic carbocycles. The van der Waals surface area contributed by atoms with Crippen LogP contribution in [0.25, 0.3) is 0 Å². The van der Waals surface area contributed by atoms with Crippen molar-refractivity contribution in [2.75, 3.05) is 4.90 Å². The van der Waals surface area contributed by atoms with E-state index in [4.69, 9.17) is 4.74 Å². The molecule has 2 aliphatic heterocycles. The Morgan fingerprint density at radius 3 is 2.52 bits per heavy atom. The average Bonchev–Trinajstić information content (AvgIpc) is 2.61. The van der Waals surface area contributed by atoms with Gasteiger partial charge in [0.1, 0.15) is 12.0 Å². The van der Waals surface area contributed by atoms with Crippen LogP contribution in [-0.2, 0) is 0 Å². The van der Waals surface area contributed by atoms with Gasteiger partial charge in [0.05, 0.1) is 11.4 Å². The Morgan fingerprint density at radius 2 is 1.65 bits per heavy atom. The minimum atomic E-state index is 0.630. The number of hydrogen-bond donors (Lipinski definition) is 0. The van der Waals surface area contributed by atoms with Crippen LogP contribution < -0.4 is 9.64 Å². The van der Waals surface area contributed by atoms with Gasteiger partial charge >= 0.3 is 0 Å². The fraction of sp³-hybridized carbons (Fsp3) is 0. The van der Waals surface area contributed by atoms with Gasteiger partial charge in [0.15, 0.2) is 11.5 Å². The molecule has 0 N–H and O–H groups in total. The van der Waals surface area contributed by atoms with Gasteiger partial charge in [0.2, 0.25) is 0 Å². The number of fused-ring (bicyclic) bond motifs is 4. The van der Waals surface area contributed by atoms with E-state index in [0.29, 0.717) is 5.56 Å². The molecule has 3 nitrogen and oxygen atoms in total. The van der Waals surface area contributed by atoms with Gasteiger partial charge in [-0.1, -0.05) is 36.0 Å². The van der Waals surface area contributed by atoms with Crippen molar-refractivity contribution in [3.63, 3.8) is 0 Å². The zero-order valence-corrected chi connectivity index (χ0v) is 12.8. The molecule has 0 saturated heterocycles. The Labute approximate surface area is 137 Å². The zero-order chi connectivity index (χ0) is 15.4. The third-order valence-electron chi connectivity index (χ3n) is 4.07. The number of para-hydroxylation sites is 3. The van der Waals surface area contributed by atoms with E-state index in [0.717, 1.165) is 39.7 Å². The topological polar surface area (TPSA) is 29.5 Å². The van der Waals surface area contributed by atoms with Crippen LogP contribution >= 0.6 is 11.8 Å². The van der Waals surface area contributed by atoms with E-state index >= 15 is 0 Å². The lowest BCUT2D eigenvalue weighted by Crippen LogP contribution is -2.19. The van der Waals surface area contributed by atoms with E-state index < -0.39 is 0 Å². The largest absolute Gasteiger partial charge is 0.453 e. The molecule has 0 atom stereocenters. The van der Waals surface area contributed by atoms with Gasteiger partial charge in [-0.05, 0) is 36.4 Å². The summed E-state index contributed by atoms with van der Waals surface area (Å²) >= 11 is 1.67. The molecule has 0 radical (unpaired) electrons. The molecule has 5 rings (SSSR count). The molecule has 0 saturated carbocycles. The van der Waals surface area contributed by atoms with Crippen molar-refractivity contribution in [1.82, 2.24) is 0 Å². The predicted molar refractivity (Wildman–Crippen MR) is 90.7 cm³/mol. The molecule has 0 unspecified atom stereocenters. The quantitative estimate of drug-likeness (QED) is 0.380. The molecule has 110 valence electrons. The van der Waals surface area contributed by atoms with Gasteiger partial charge in [-0.3, -0.25) is 4.79 Å². The van der Waals surface area contributed by atoms with Crippen molar-refractivity contribution in [2.45, 2.75) is 9.79 Å². The molecule has 0 aromatic heterocycles. The van der Waals surface area contributed by atoms with E-state index in [9.17, 15) is 4.79 Å². The van der Waals surface area contributed by atoms with Gasteiger partial charge in [0, 0.05) is 15.4 Å². The second kappa shape index (κ2) is 4.64. The minimum Gasteiger partial charge on any atom is -0.453 e. The first-order valence-electron chi connectivity index (χ1n) is 7.32. The van der Waals surface area contributed by atoms with E-state index in [1.807, 2.05) is 42.5 Å². The molecule has 4 heteroatoms. The predicted octanol–water partition coefficient (Wildman–Crippen LogP) is 5.54. The summed E-state index contributed by atoms with van der Waals surface area (Å²) in [6.07, 6.45) is 0.867. The molecule has 2 aliphatic rings. The number of anilines is 3. The van der Waals surface area contributed by atoms with Gasteiger partial charge in [0.25, 0.3) is 0 Å². The summed E-state index contributed by atoms with van der Waals surface area (Å²) in [5, 5.41) is 0. The standard InChI is InChI=1S/C19H11NO2S/c21-11-12-9-16-19-18(10-12)23-17-8-4-2-6-14(17)20(19)13-5-1-3-7-15(13)22-16/h1-11H. The summed E-state index contributed by atoms with van der Waals surface area (Å²) in [6.45, 7) is 0. The van der Waals surface area contributed by atoms with Crippen LogP contribution in [0.3, 0.4) is 0 Å². The Balaban J connectivity index is 1.86. The second-order valence-electron chi connectivity index (χ2n) is 5.46. The van der Waals surface area contributed by atoms with Crippen molar-refractivity contribution in [2.24, 2.45) is 0 Å². The maximum atomic E-state index is 11.3. The molecule has 0 bridgehead atoms. The molecule has 0 aliphatic carbocycles. The lowest BCUT2D eigenvalue weighted by Gasteiger charge is -2.38. The summed E-state index contributed by atoms with van der Waals surface area (Å²) in [6, 6.07) is 20.0. The number of aldehydes is 1. The number of carbonyl (C=O) groups excluding carboxylic acids is 1. The molecule has 23 heavy (non-hydrogen) atoms. The summed E-state index contributed by atoms with van der Waals surface area (Å²) < 4.78 is 6.07. The van der Waals surface area contributed by atoms with Crippen LogP contribution in [0.5, 0.6) is 11.5 Å². The van der Waals surface area contributed by atoms with Crippen molar-refractivity contribution >= 4 is 35.1 Å². The molecular weight excluding hydrogens is 306 g/mol. The van der Waals surface area contributed by atoms with Crippen LogP contribution in [0.4, 0.5) is 17.1 Å². The van der Waals surface area contributed by atoms with Gasteiger partial charge in [-0.15, -0.1) is 0 Å². The normalized spacial score (nSPS) is 13.5. The van der Waals surface area contributed by atoms with Crippen molar-refractivity contribution in [3.8, 4) is 11.5 Å². The molecule has 0 amide bonds. The maximum absolute atomic E-state index is 11.3. The zero-order valence-electron chi connectivity index (χ0n) is 12.0.